The van der Waals surface area contributed by atoms with Crippen LogP contribution in [0.25, 0.3) is 0 Å². The van der Waals surface area contributed by atoms with Gasteiger partial charge in [-0.25, -0.2) is 0 Å². The van der Waals surface area contributed by atoms with Gasteiger partial charge in [0.15, 0.2) is 6.61 Å². The molecule has 2 aromatic rings. The van der Waals surface area contributed by atoms with Gasteiger partial charge in [-0.15, -0.1) is 12.4 Å². The van der Waals surface area contributed by atoms with Crippen LogP contribution < -0.4 is 15.2 Å². The smallest absolute Gasteiger partial charge is 0.260 e. The number of carbonyl (C=O) groups excluding carboxylic acids is 1. The number of rotatable bonds is 8. The number of nitrogens with zero attached hydrogens (tertiary/aromatic N) is 1. The third-order valence-corrected chi connectivity index (χ3v) is 3.83. The van der Waals surface area contributed by atoms with Gasteiger partial charge in [-0.3, -0.25) is 4.79 Å². The second-order valence-corrected chi connectivity index (χ2v) is 5.62. The molecule has 0 saturated carbocycles. The first kappa shape index (κ1) is 20.8. The van der Waals surface area contributed by atoms with Crippen LogP contribution in [-0.2, 0) is 11.4 Å². The molecular weight excluding hydrogens is 340 g/mol. The molecule has 0 spiro atoms. The lowest BCUT2D eigenvalue weighted by Crippen LogP contribution is -2.42. The predicted octanol–water partition coefficient (Wildman–Crippen LogP) is 2.87. The lowest BCUT2D eigenvalue weighted by Gasteiger charge is -2.23. The zero-order chi connectivity index (χ0) is 17.4. The van der Waals surface area contributed by atoms with Gasteiger partial charge in [0.2, 0.25) is 0 Å². The average molecular weight is 365 g/mol. The highest BCUT2D eigenvalue weighted by molar-refractivity contribution is 5.85. The molecule has 0 fully saturated rings. The van der Waals surface area contributed by atoms with Crippen molar-refractivity contribution in [2.45, 2.75) is 19.6 Å². The fourth-order valence-corrected chi connectivity index (χ4v) is 2.02. The minimum absolute atomic E-state index is 0. The minimum Gasteiger partial charge on any atom is -0.489 e. The zero-order valence-corrected chi connectivity index (χ0v) is 15.4. The summed E-state index contributed by atoms with van der Waals surface area (Å²) in [5.74, 6) is 1.29. The first-order valence-corrected chi connectivity index (χ1v) is 7.95. The second-order valence-electron chi connectivity index (χ2n) is 5.62. The van der Waals surface area contributed by atoms with E-state index in [-0.39, 0.29) is 31.0 Å². The van der Waals surface area contributed by atoms with Crippen molar-refractivity contribution in [3.05, 3.63) is 60.2 Å². The van der Waals surface area contributed by atoms with Crippen LogP contribution in [0.4, 0.5) is 0 Å². The molecule has 0 aliphatic carbocycles. The molecule has 2 aromatic carbocycles. The molecule has 0 heterocycles. The van der Waals surface area contributed by atoms with E-state index in [9.17, 15) is 4.79 Å². The molecule has 0 aliphatic rings. The van der Waals surface area contributed by atoms with Gasteiger partial charge in [-0.05, 0) is 36.8 Å². The number of hydrogen-bond acceptors (Lipinski definition) is 4. The number of nitrogens with two attached hydrogens (primary N) is 1. The van der Waals surface area contributed by atoms with Gasteiger partial charge < -0.3 is 20.1 Å². The molecule has 2 rings (SSSR count). The Bertz CT molecular complexity index is 635. The third kappa shape index (κ3) is 6.64. The summed E-state index contributed by atoms with van der Waals surface area (Å²) >= 11 is 0. The maximum Gasteiger partial charge on any atom is 0.260 e. The molecule has 0 saturated heterocycles. The summed E-state index contributed by atoms with van der Waals surface area (Å²) in [5, 5.41) is 0. The van der Waals surface area contributed by atoms with Crippen molar-refractivity contribution in [3.63, 3.8) is 0 Å². The first-order chi connectivity index (χ1) is 11.6. The van der Waals surface area contributed by atoms with Gasteiger partial charge in [-0.2, -0.15) is 0 Å². The summed E-state index contributed by atoms with van der Waals surface area (Å²) in [7, 11) is 1.73. The highest BCUT2D eigenvalue weighted by Gasteiger charge is 2.14. The van der Waals surface area contributed by atoms with Crippen LogP contribution >= 0.6 is 12.4 Å². The first-order valence-electron chi connectivity index (χ1n) is 7.95. The molecule has 25 heavy (non-hydrogen) atoms. The van der Waals surface area contributed by atoms with Gasteiger partial charge in [0.25, 0.3) is 5.91 Å². The predicted molar refractivity (Wildman–Crippen MR) is 101 cm³/mol. The van der Waals surface area contributed by atoms with E-state index < -0.39 is 0 Å². The standard InChI is InChI=1S/C19H24N2O3.ClH/c1-15(12-20)21(2)19(22)14-24-18-10-8-17(9-11-18)23-13-16-6-4-3-5-7-16;/h3-11,15H,12-14,20H2,1-2H3;1H. The molecule has 1 unspecified atom stereocenters. The fraction of sp³-hybridized carbons (Fsp3) is 0.316. The normalized spacial score (nSPS) is 11.2. The van der Waals surface area contributed by atoms with Gasteiger partial charge >= 0.3 is 0 Å². The van der Waals surface area contributed by atoms with Crippen molar-refractivity contribution in [1.82, 2.24) is 4.90 Å². The Morgan fingerprint density at radius 3 is 2.16 bits per heavy atom. The molecule has 0 radical (unpaired) electrons. The quantitative estimate of drug-likeness (QED) is 0.782. The van der Waals surface area contributed by atoms with Gasteiger partial charge in [-0.1, -0.05) is 30.3 Å². The third-order valence-electron chi connectivity index (χ3n) is 3.83. The zero-order valence-electron chi connectivity index (χ0n) is 14.6. The van der Waals surface area contributed by atoms with E-state index in [1.54, 1.807) is 24.1 Å². The Labute approximate surface area is 155 Å². The van der Waals surface area contributed by atoms with Gasteiger partial charge in [0.05, 0.1) is 0 Å². The highest BCUT2D eigenvalue weighted by Crippen LogP contribution is 2.18. The fourth-order valence-electron chi connectivity index (χ4n) is 2.02. The van der Waals surface area contributed by atoms with Crippen molar-refractivity contribution >= 4 is 18.3 Å². The Hall–Kier alpha value is -2.24. The second kappa shape index (κ2) is 10.6. The number of ether oxygens (including phenoxy) is 2. The van der Waals surface area contributed by atoms with Gasteiger partial charge in [0.1, 0.15) is 18.1 Å². The maximum atomic E-state index is 12.0. The van der Waals surface area contributed by atoms with E-state index in [0.717, 1.165) is 11.3 Å². The number of likely N-dealkylation sites (N-methyl/N-ethyl adjacent to an activating group) is 1. The average Bonchev–Trinajstić information content (AvgIpc) is 2.64. The summed E-state index contributed by atoms with van der Waals surface area (Å²) in [6.45, 7) is 2.83. The Morgan fingerprint density at radius 2 is 1.60 bits per heavy atom. The number of benzene rings is 2. The number of halogens is 1. The molecule has 6 heteroatoms. The van der Waals surface area contributed by atoms with E-state index in [0.29, 0.717) is 18.9 Å². The topological polar surface area (TPSA) is 64.8 Å². The largest absolute Gasteiger partial charge is 0.489 e. The van der Waals surface area contributed by atoms with Crippen LogP contribution in [0.3, 0.4) is 0 Å². The molecule has 1 atom stereocenters. The number of carbonyl (C=O) groups is 1. The van der Waals surface area contributed by atoms with Crippen LogP contribution in [0, 0.1) is 0 Å². The Morgan fingerprint density at radius 1 is 1.04 bits per heavy atom. The molecular formula is C19H25ClN2O3. The van der Waals surface area contributed by atoms with Gasteiger partial charge in [0, 0.05) is 19.6 Å². The summed E-state index contributed by atoms with van der Waals surface area (Å²) in [5.41, 5.74) is 6.67. The molecule has 0 aromatic heterocycles. The van der Waals surface area contributed by atoms with Crippen LogP contribution in [-0.4, -0.2) is 37.0 Å². The van der Waals surface area contributed by atoms with Crippen LogP contribution in [0.1, 0.15) is 12.5 Å². The van der Waals surface area contributed by atoms with Crippen molar-refractivity contribution in [3.8, 4) is 11.5 Å². The summed E-state index contributed by atoms with van der Waals surface area (Å²) < 4.78 is 11.2. The number of hydrogen-bond donors (Lipinski definition) is 1. The van der Waals surface area contributed by atoms with Crippen LogP contribution in [0.2, 0.25) is 0 Å². The highest BCUT2D eigenvalue weighted by atomic mass is 35.5. The molecule has 0 aliphatic heterocycles. The summed E-state index contributed by atoms with van der Waals surface area (Å²) in [6, 6.07) is 17.2. The van der Waals surface area contributed by atoms with Crippen LogP contribution in [0.15, 0.2) is 54.6 Å². The monoisotopic (exact) mass is 364 g/mol. The molecule has 136 valence electrons. The van der Waals surface area contributed by atoms with E-state index in [4.69, 9.17) is 15.2 Å². The lowest BCUT2D eigenvalue weighted by molar-refractivity contribution is -0.133. The molecule has 0 bridgehead atoms. The molecule has 2 N–H and O–H groups in total. The van der Waals surface area contributed by atoms with Crippen molar-refractivity contribution in [2.24, 2.45) is 5.73 Å². The summed E-state index contributed by atoms with van der Waals surface area (Å²) in [4.78, 5) is 13.6. The SMILES string of the molecule is CC(CN)N(C)C(=O)COc1ccc(OCc2ccccc2)cc1.Cl. The van der Waals surface area contributed by atoms with Crippen molar-refractivity contribution in [1.29, 1.82) is 0 Å². The molecule has 1 amide bonds. The van der Waals surface area contributed by atoms with E-state index >= 15 is 0 Å². The van der Waals surface area contributed by atoms with E-state index in [2.05, 4.69) is 0 Å². The minimum atomic E-state index is -0.0997. The number of amides is 1. The van der Waals surface area contributed by atoms with Crippen molar-refractivity contribution in [2.75, 3.05) is 20.2 Å². The Kier molecular flexibility index (Phi) is 8.81. The summed E-state index contributed by atoms with van der Waals surface area (Å²) in [6.07, 6.45) is 0. The maximum absolute atomic E-state index is 12.0. The van der Waals surface area contributed by atoms with E-state index in [1.165, 1.54) is 0 Å². The molecule has 5 nitrogen and oxygen atoms in total. The lowest BCUT2D eigenvalue weighted by atomic mass is 10.2. The Balaban J connectivity index is 0.00000312. The van der Waals surface area contributed by atoms with Crippen LogP contribution in [0.5, 0.6) is 11.5 Å². The van der Waals surface area contributed by atoms with E-state index in [1.807, 2.05) is 49.4 Å². The van der Waals surface area contributed by atoms with Crippen molar-refractivity contribution < 1.29 is 14.3 Å².